The Hall–Kier alpha value is -3.80. The van der Waals surface area contributed by atoms with Crippen LogP contribution in [0.5, 0.6) is 11.6 Å². The summed E-state index contributed by atoms with van der Waals surface area (Å²) in [5.41, 5.74) is 0.312. The van der Waals surface area contributed by atoms with E-state index in [1.165, 1.54) is 18.2 Å². The largest absolute Gasteiger partial charge is 0.619 e. The molecular formula is C23H21F4N5O3. The molecule has 12 heteroatoms. The normalized spacial score (nSPS) is 18.6. The third-order valence-corrected chi connectivity index (χ3v) is 5.82. The number of benzene rings is 1. The summed E-state index contributed by atoms with van der Waals surface area (Å²) in [7, 11) is 0. The van der Waals surface area contributed by atoms with Crippen LogP contribution < -0.4 is 14.8 Å². The predicted molar refractivity (Wildman–Crippen MR) is 116 cm³/mol. The zero-order valence-electron chi connectivity index (χ0n) is 18.5. The minimum absolute atomic E-state index is 0.000857. The van der Waals surface area contributed by atoms with Crippen molar-refractivity contribution in [2.24, 2.45) is 0 Å². The first-order valence-corrected chi connectivity index (χ1v) is 10.7. The maximum atomic E-state index is 14.6. The Balaban J connectivity index is 1.40. The fourth-order valence-corrected chi connectivity index (χ4v) is 3.80. The molecule has 0 aliphatic carbocycles. The number of pyridine rings is 1. The average molecular weight is 491 g/mol. The summed E-state index contributed by atoms with van der Waals surface area (Å²) in [6.07, 6.45) is 4.11. The second-order valence-electron chi connectivity index (χ2n) is 8.11. The van der Waals surface area contributed by atoms with Gasteiger partial charge < -0.3 is 15.3 Å². The molecule has 1 aliphatic rings. The lowest BCUT2D eigenvalue weighted by molar-refractivity contribution is -0.605. The zero-order valence-corrected chi connectivity index (χ0v) is 18.5. The molecule has 1 saturated heterocycles. The highest BCUT2D eigenvalue weighted by Crippen LogP contribution is 2.40. The first kappa shape index (κ1) is 24.3. The third-order valence-electron chi connectivity index (χ3n) is 5.82. The van der Waals surface area contributed by atoms with E-state index in [1.807, 2.05) is 0 Å². The number of carbonyl (C=O) groups is 1. The van der Waals surface area contributed by atoms with E-state index in [0.29, 0.717) is 10.3 Å². The Morgan fingerprint density at radius 1 is 1.20 bits per heavy atom. The summed E-state index contributed by atoms with van der Waals surface area (Å²) in [5, 5.41) is 13.8. The van der Waals surface area contributed by atoms with Crippen LogP contribution in [0, 0.1) is 16.8 Å². The Bertz CT molecular complexity index is 1170. The molecule has 184 valence electrons. The molecule has 0 radical (unpaired) electrons. The summed E-state index contributed by atoms with van der Waals surface area (Å²) in [4.78, 5) is 22.2. The van der Waals surface area contributed by atoms with Gasteiger partial charge in [0.2, 0.25) is 17.5 Å². The van der Waals surface area contributed by atoms with Crippen LogP contribution in [0.25, 0.3) is 0 Å². The minimum atomic E-state index is -2.99. The number of nitrogens with one attached hydrogen (secondary N) is 1. The van der Waals surface area contributed by atoms with Gasteiger partial charge in [0.25, 0.3) is 5.92 Å². The molecular weight excluding hydrogens is 470 g/mol. The number of hydrogen-bond acceptors (Lipinski definition) is 6. The van der Waals surface area contributed by atoms with Crippen molar-refractivity contribution in [2.75, 3.05) is 18.4 Å². The fourth-order valence-electron chi connectivity index (χ4n) is 3.80. The van der Waals surface area contributed by atoms with Crippen molar-refractivity contribution < 1.29 is 31.8 Å². The third kappa shape index (κ3) is 5.48. The Kier molecular flexibility index (Phi) is 6.83. The monoisotopic (exact) mass is 491 g/mol. The van der Waals surface area contributed by atoms with Crippen LogP contribution in [0.4, 0.5) is 23.4 Å². The topological polar surface area (TPSA) is 94.3 Å². The van der Waals surface area contributed by atoms with Crippen LogP contribution in [0.1, 0.15) is 24.8 Å². The van der Waals surface area contributed by atoms with Crippen LogP contribution in [0.2, 0.25) is 0 Å². The van der Waals surface area contributed by atoms with E-state index in [2.05, 4.69) is 15.3 Å². The van der Waals surface area contributed by atoms with Crippen molar-refractivity contribution in [3.05, 3.63) is 77.5 Å². The molecule has 1 fully saturated rings. The molecule has 0 spiro atoms. The molecule has 3 aromatic rings. The number of halogens is 4. The molecule has 2 aromatic heterocycles. The van der Waals surface area contributed by atoms with E-state index in [4.69, 9.17) is 4.74 Å². The summed E-state index contributed by atoms with van der Waals surface area (Å²) in [6, 6.07) is 5.18. The number of piperidine rings is 1. The van der Waals surface area contributed by atoms with Crippen LogP contribution in [-0.4, -0.2) is 45.8 Å². The van der Waals surface area contributed by atoms with Gasteiger partial charge in [-0.15, -0.1) is 0 Å². The molecule has 1 aromatic carbocycles. The van der Waals surface area contributed by atoms with E-state index in [9.17, 15) is 27.6 Å². The van der Waals surface area contributed by atoms with Gasteiger partial charge in [0.15, 0.2) is 29.8 Å². The fraction of sp³-hybridized carbons (Fsp3) is 0.304. The number of rotatable bonds is 6. The predicted octanol–water partition coefficient (Wildman–Crippen LogP) is 3.63. The summed E-state index contributed by atoms with van der Waals surface area (Å²) >= 11 is 0. The molecule has 0 bridgehead atoms. The molecule has 0 unspecified atom stereocenters. The van der Waals surface area contributed by atoms with Gasteiger partial charge in [-0.05, 0) is 24.6 Å². The number of ether oxygens (including phenoxy) is 1. The number of likely N-dealkylation sites (tertiary alicyclic amines) is 1. The summed E-state index contributed by atoms with van der Waals surface area (Å²) in [6.45, 7) is 1.49. The molecule has 1 amide bonds. The van der Waals surface area contributed by atoms with Crippen LogP contribution in [0.15, 0.2) is 55.1 Å². The lowest BCUT2D eigenvalue weighted by Crippen LogP contribution is -2.52. The zero-order chi connectivity index (χ0) is 25.2. The van der Waals surface area contributed by atoms with E-state index >= 15 is 0 Å². The lowest BCUT2D eigenvalue weighted by Gasteiger charge is -2.40. The SMILES string of the molecule is C[C@@H](C(=O)Nc1cnc(Oc2c(F)cccc2F)cn1)N1CCC(F)(F)[C@@H](c2cc[n+]([O-])cc2)C1. The van der Waals surface area contributed by atoms with Crippen LogP contribution in [-0.2, 0) is 4.79 Å². The molecule has 2 atom stereocenters. The standard InChI is InChI=1S/C23H21F4N5O3/c1-14(31-10-7-23(26,27)16(13-31)15-5-8-32(34)9-6-15)22(33)30-19-11-29-20(12-28-19)35-21-17(24)3-2-4-18(21)25/h2-6,8-9,11-12,14,16H,7,10,13H2,1H3,(H,28,30,33)/t14-,16+/m0/s1. The first-order chi connectivity index (χ1) is 16.6. The Morgan fingerprint density at radius 2 is 1.89 bits per heavy atom. The summed E-state index contributed by atoms with van der Waals surface area (Å²) < 4.78 is 62.2. The van der Waals surface area contributed by atoms with Crippen molar-refractivity contribution >= 4 is 11.7 Å². The number of carbonyl (C=O) groups excluding carboxylic acids is 1. The molecule has 3 heterocycles. The highest BCUT2D eigenvalue weighted by atomic mass is 19.3. The second-order valence-corrected chi connectivity index (χ2v) is 8.11. The second kappa shape index (κ2) is 9.82. The Labute approximate surface area is 197 Å². The van der Waals surface area contributed by atoms with Gasteiger partial charge in [-0.2, -0.15) is 4.73 Å². The molecule has 8 nitrogen and oxygen atoms in total. The van der Waals surface area contributed by atoms with E-state index in [0.717, 1.165) is 36.9 Å². The highest BCUT2D eigenvalue weighted by Gasteiger charge is 2.46. The average Bonchev–Trinajstić information content (AvgIpc) is 2.83. The number of hydrogen-bond donors (Lipinski definition) is 1. The quantitative estimate of drug-likeness (QED) is 0.322. The van der Waals surface area contributed by atoms with Gasteiger partial charge in [-0.3, -0.25) is 9.69 Å². The van der Waals surface area contributed by atoms with Gasteiger partial charge in [-0.1, -0.05) is 6.07 Å². The number of alkyl halides is 2. The van der Waals surface area contributed by atoms with Gasteiger partial charge >= 0.3 is 0 Å². The molecule has 1 aliphatic heterocycles. The van der Waals surface area contributed by atoms with Crippen molar-refractivity contribution in [1.29, 1.82) is 0 Å². The number of anilines is 1. The number of para-hydroxylation sites is 1. The first-order valence-electron chi connectivity index (χ1n) is 10.7. The van der Waals surface area contributed by atoms with Crippen molar-refractivity contribution in [2.45, 2.75) is 31.2 Å². The number of aromatic nitrogens is 3. The maximum Gasteiger partial charge on any atom is 0.257 e. The maximum absolute atomic E-state index is 14.6. The van der Waals surface area contributed by atoms with E-state index < -0.39 is 47.6 Å². The number of nitrogens with zero attached hydrogens (tertiary/aromatic N) is 4. The highest BCUT2D eigenvalue weighted by molar-refractivity contribution is 5.93. The smallest absolute Gasteiger partial charge is 0.257 e. The number of amides is 1. The van der Waals surface area contributed by atoms with Crippen molar-refractivity contribution in [3.8, 4) is 11.6 Å². The van der Waals surface area contributed by atoms with Gasteiger partial charge in [0.05, 0.1) is 24.4 Å². The Morgan fingerprint density at radius 3 is 2.51 bits per heavy atom. The minimum Gasteiger partial charge on any atom is -0.619 e. The van der Waals surface area contributed by atoms with Crippen LogP contribution in [0.3, 0.4) is 0 Å². The molecule has 1 N–H and O–H groups in total. The van der Waals surface area contributed by atoms with Gasteiger partial charge in [-0.25, -0.2) is 27.5 Å². The van der Waals surface area contributed by atoms with Gasteiger partial charge in [0.1, 0.15) is 0 Å². The molecule has 35 heavy (non-hydrogen) atoms. The summed E-state index contributed by atoms with van der Waals surface area (Å²) in [5.74, 6) is -7.26. The van der Waals surface area contributed by atoms with Gasteiger partial charge in [0, 0.05) is 31.6 Å². The van der Waals surface area contributed by atoms with Crippen molar-refractivity contribution in [1.82, 2.24) is 14.9 Å². The van der Waals surface area contributed by atoms with Crippen LogP contribution >= 0.6 is 0 Å². The van der Waals surface area contributed by atoms with E-state index in [-0.39, 0.29) is 24.8 Å². The van der Waals surface area contributed by atoms with Crippen molar-refractivity contribution in [3.63, 3.8) is 0 Å². The lowest BCUT2D eigenvalue weighted by atomic mass is 9.87. The van der Waals surface area contributed by atoms with E-state index in [1.54, 1.807) is 11.8 Å². The molecule has 4 rings (SSSR count). The molecule has 0 saturated carbocycles.